The first-order valence-corrected chi connectivity index (χ1v) is 4.18. The van der Waals surface area contributed by atoms with E-state index in [2.05, 4.69) is 21.0 Å². The highest BCUT2D eigenvalue weighted by molar-refractivity contribution is 6.61. The average molecular weight is 228 g/mol. The zero-order chi connectivity index (χ0) is 12.1. The summed E-state index contributed by atoms with van der Waals surface area (Å²) in [6.07, 6.45) is 0. The van der Waals surface area contributed by atoms with Gasteiger partial charge in [-0.15, -0.1) is 0 Å². The lowest BCUT2D eigenvalue weighted by molar-refractivity contribution is 0.229. The van der Waals surface area contributed by atoms with Crippen LogP contribution in [-0.2, 0) is 0 Å². The van der Waals surface area contributed by atoms with Crippen molar-refractivity contribution in [1.29, 1.82) is 0 Å². The van der Waals surface area contributed by atoms with Gasteiger partial charge < -0.3 is 21.0 Å². The molecule has 1 rings (SSSR count). The molecule has 1 fully saturated rings. The number of nitrogens with one attached hydrogen (secondary N) is 6. The van der Waals surface area contributed by atoms with Crippen molar-refractivity contribution in [2.75, 3.05) is 7.05 Å². The van der Waals surface area contributed by atoms with Crippen LogP contribution >= 0.6 is 0 Å². The average Bonchev–Trinajstić information content (AvgIpc) is 2.15. The zero-order valence-corrected chi connectivity index (χ0v) is 8.21. The van der Waals surface area contributed by atoms with E-state index in [4.69, 9.17) is 0 Å². The van der Waals surface area contributed by atoms with E-state index in [1.54, 1.807) is 0 Å². The Balaban J connectivity index is 2.41. The van der Waals surface area contributed by atoms with Crippen LogP contribution < -0.4 is 31.6 Å². The van der Waals surface area contributed by atoms with Gasteiger partial charge >= 0.3 is 31.2 Å². The number of carbonyl (C=O) groups is 4. The first-order valence-electron chi connectivity index (χ1n) is 4.18. The van der Waals surface area contributed by atoms with E-state index in [1.165, 1.54) is 7.05 Å². The number of imide groups is 2. The van der Waals surface area contributed by atoms with Gasteiger partial charge in [-0.25, -0.2) is 19.2 Å². The molecule has 10 nitrogen and oxygen atoms in total. The van der Waals surface area contributed by atoms with E-state index >= 15 is 0 Å². The quantitative estimate of drug-likeness (QED) is 0.279. The van der Waals surface area contributed by atoms with Gasteiger partial charge in [0.25, 0.3) is 0 Å². The van der Waals surface area contributed by atoms with Crippen LogP contribution in [0.5, 0.6) is 0 Å². The van der Waals surface area contributed by atoms with Gasteiger partial charge in [0.1, 0.15) is 0 Å². The Morgan fingerprint density at radius 2 is 1.69 bits per heavy atom. The molecule has 0 aromatic heterocycles. The number of urea groups is 4. The van der Waals surface area contributed by atoms with Gasteiger partial charge in [-0.3, -0.25) is 10.6 Å². The minimum absolute atomic E-state index is 0.718. The predicted octanol–water partition coefficient (Wildman–Crippen LogP) is -2.37. The molecule has 0 saturated carbocycles. The molecule has 0 bridgehead atoms. The molecule has 1 saturated heterocycles. The lowest BCUT2D eigenvalue weighted by atomic mass is 9.94. The molecule has 0 aliphatic carbocycles. The van der Waals surface area contributed by atoms with Crippen LogP contribution in [0.2, 0.25) is 0 Å². The summed E-state index contributed by atoms with van der Waals surface area (Å²) in [6.45, 7) is 0. The van der Waals surface area contributed by atoms with Crippen molar-refractivity contribution in [1.82, 2.24) is 31.6 Å². The van der Waals surface area contributed by atoms with Crippen molar-refractivity contribution >= 4 is 31.2 Å². The third kappa shape index (κ3) is 3.36. The third-order valence-electron chi connectivity index (χ3n) is 1.51. The van der Waals surface area contributed by atoms with Crippen molar-refractivity contribution < 1.29 is 19.2 Å². The predicted molar refractivity (Wildman–Crippen MR) is 52.1 cm³/mol. The van der Waals surface area contributed by atoms with Crippen LogP contribution in [-0.4, -0.2) is 38.3 Å². The van der Waals surface area contributed by atoms with E-state index in [1.807, 2.05) is 10.6 Å². The van der Waals surface area contributed by atoms with Crippen LogP contribution in [0.1, 0.15) is 0 Å². The largest absolute Gasteiger partial charge is 0.508 e. The molecular weight excluding hydrogens is 219 g/mol. The summed E-state index contributed by atoms with van der Waals surface area (Å²) in [6, 6.07) is -3.10. The Labute approximate surface area is 90.0 Å². The maximum absolute atomic E-state index is 11.1. The maximum Gasteiger partial charge on any atom is 0.508 e. The molecule has 1 aliphatic rings. The highest BCUT2D eigenvalue weighted by Crippen LogP contribution is 1.79. The van der Waals surface area contributed by atoms with Crippen LogP contribution in [0.4, 0.5) is 19.2 Å². The van der Waals surface area contributed by atoms with Gasteiger partial charge in [0.2, 0.25) is 0 Å². The van der Waals surface area contributed by atoms with Crippen LogP contribution in [0, 0.1) is 0 Å². The Hall–Kier alpha value is -2.46. The smallest absolute Gasteiger partial charge is 0.341 e. The summed E-state index contributed by atoms with van der Waals surface area (Å²) in [5.74, 6) is 0. The van der Waals surface area contributed by atoms with Gasteiger partial charge in [0.15, 0.2) is 0 Å². The molecule has 0 aromatic carbocycles. The molecule has 1 heterocycles. The fourth-order valence-corrected chi connectivity index (χ4v) is 0.879. The second kappa shape index (κ2) is 4.86. The van der Waals surface area contributed by atoms with Crippen molar-refractivity contribution in [3.8, 4) is 0 Å². The summed E-state index contributed by atoms with van der Waals surface area (Å²) in [5, 5.41) is 12.4. The molecule has 86 valence electrons. The highest BCUT2D eigenvalue weighted by atomic mass is 16.2. The Bertz CT molecular complexity index is 330. The van der Waals surface area contributed by atoms with Crippen LogP contribution in [0.3, 0.4) is 0 Å². The summed E-state index contributed by atoms with van der Waals surface area (Å²) in [4.78, 5) is 43.4. The zero-order valence-electron chi connectivity index (χ0n) is 8.21. The maximum atomic E-state index is 11.1. The molecule has 0 aromatic rings. The van der Waals surface area contributed by atoms with Crippen LogP contribution in [0.15, 0.2) is 0 Å². The van der Waals surface area contributed by atoms with Crippen LogP contribution in [0.25, 0.3) is 0 Å². The molecule has 0 radical (unpaired) electrons. The summed E-state index contributed by atoms with van der Waals surface area (Å²) >= 11 is 0. The van der Waals surface area contributed by atoms with E-state index < -0.39 is 31.2 Å². The minimum Gasteiger partial charge on any atom is -0.341 e. The SMILES string of the molecule is CNC(=O)NC(=O)NB1NC(=O)NC(=O)N1. The Kier molecular flexibility index (Phi) is 3.53. The second-order valence-corrected chi connectivity index (χ2v) is 2.68. The highest BCUT2D eigenvalue weighted by Gasteiger charge is 2.30. The molecule has 1 aliphatic heterocycles. The molecular formula is C5H9BN6O4. The number of hydrogen-bond donors (Lipinski definition) is 6. The van der Waals surface area contributed by atoms with Crippen molar-refractivity contribution in [2.24, 2.45) is 0 Å². The molecule has 6 N–H and O–H groups in total. The Morgan fingerprint density at radius 3 is 2.19 bits per heavy atom. The topological polar surface area (TPSA) is 140 Å². The molecule has 16 heavy (non-hydrogen) atoms. The summed E-state index contributed by atoms with van der Waals surface area (Å²) < 4.78 is 0. The van der Waals surface area contributed by atoms with E-state index in [0.717, 1.165) is 0 Å². The fourth-order valence-electron chi connectivity index (χ4n) is 0.879. The standard InChI is InChI=1S/C5H9BN6O4/c1-7-2(13)8-3(14)10-6-11-4(15)9-5(16)12-6/h1H3,(H3,7,8,10,13,14)(H3,9,11,12,15,16). The molecule has 0 spiro atoms. The van der Waals surface area contributed by atoms with Gasteiger partial charge in [-0.05, 0) is 0 Å². The number of carbonyl (C=O) groups excluding carboxylic acids is 4. The van der Waals surface area contributed by atoms with Gasteiger partial charge in [-0.1, -0.05) is 0 Å². The normalized spacial score (nSPS) is 14.2. The molecule has 11 heteroatoms. The second-order valence-electron chi connectivity index (χ2n) is 2.68. The number of hydrogen-bond acceptors (Lipinski definition) is 4. The first kappa shape index (κ1) is 11.6. The van der Waals surface area contributed by atoms with E-state index in [0.29, 0.717) is 0 Å². The summed E-state index contributed by atoms with van der Waals surface area (Å²) in [5.41, 5.74) is 0. The molecule has 0 unspecified atom stereocenters. The van der Waals surface area contributed by atoms with Gasteiger partial charge in [0.05, 0.1) is 0 Å². The van der Waals surface area contributed by atoms with E-state index in [-0.39, 0.29) is 0 Å². The number of amides is 8. The number of rotatable bonds is 1. The third-order valence-corrected chi connectivity index (χ3v) is 1.51. The van der Waals surface area contributed by atoms with Crippen molar-refractivity contribution in [2.45, 2.75) is 0 Å². The van der Waals surface area contributed by atoms with Crippen molar-refractivity contribution in [3.63, 3.8) is 0 Å². The fraction of sp³-hybridized carbons (Fsp3) is 0.200. The molecule has 8 amide bonds. The lowest BCUT2D eigenvalue weighted by Gasteiger charge is -2.21. The Morgan fingerprint density at radius 1 is 1.12 bits per heavy atom. The minimum atomic E-state index is -1.08. The van der Waals surface area contributed by atoms with Gasteiger partial charge in [0, 0.05) is 7.05 Å². The summed E-state index contributed by atoms with van der Waals surface area (Å²) in [7, 11) is 0.252. The van der Waals surface area contributed by atoms with E-state index in [9.17, 15) is 19.2 Å². The van der Waals surface area contributed by atoms with Crippen molar-refractivity contribution in [3.05, 3.63) is 0 Å². The molecule has 0 atom stereocenters. The lowest BCUT2D eigenvalue weighted by Crippen LogP contribution is -2.72. The first-order chi connectivity index (χ1) is 7.51. The van der Waals surface area contributed by atoms with Gasteiger partial charge in [-0.2, -0.15) is 0 Å². The monoisotopic (exact) mass is 228 g/mol.